The van der Waals surface area contributed by atoms with Gasteiger partial charge < -0.3 is 10.6 Å². The number of allylic oxidation sites excluding steroid dienone is 1. The SMILES string of the molecule is CC1=C(C(=O)NCc2ccc(C)c(Cl)c2)C(c2ccc(Cl)c(Cl)c2)n2nccc2N1. The van der Waals surface area contributed by atoms with Crippen LogP contribution in [0, 0.1) is 6.92 Å². The number of hydrogen-bond donors (Lipinski definition) is 2. The van der Waals surface area contributed by atoms with E-state index in [1.807, 2.05) is 44.2 Å². The molecule has 4 rings (SSSR count). The maximum Gasteiger partial charge on any atom is 0.251 e. The molecule has 8 heteroatoms. The summed E-state index contributed by atoms with van der Waals surface area (Å²) in [6.45, 7) is 4.17. The third kappa shape index (κ3) is 3.93. The Morgan fingerprint density at radius 1 is 1.07 bits per heavy atom. The molecule has 5 nitrogen and oxygen atoms in total. The first-order chi connectivity index (χ1) is 14.3. The highest BCUT2D eigenvalue weighted by molar-refractivity contribution is 6.42. The molecule has 1 unspecified atom stereocenters. The van der Waals surface area contributed by atoms with Gasteiger partial charge in [0.2, 0.25) is 0 Å². The van der Waals surface area contributed by atoms with Crippen LogP contribution in [0.2, 0.25) is 15.1 Å². The van der Waals surface area contributed by atoms with E-state index in [9.17, 15) is 4.79 Å². The third-order valence-electron chi connectivity index (χ3n) is 5.10. The molecule has 1 atom stereocenters. The van der Waals surface area contributed by atoms with Crippen molar-refractivity contribution >= 4 is 46.5 Å². The highest BCUT2D eigenvalue weighted by Crippen LogP contribution is 2.37. The predicted molar refractivity (Wildman–Crippen MR) is 121 cm³/mol. The molecule has 2 heterocycles. The Hall–Kier alpha value is -2.47. The summed E-state index contributed by atoms with van der Waals surface area (Å²) in [5, 5.41) is 12.2. The summed E-state index contributed by atoms with van der Waals surface area (Å²) in [6, 6.07) is 12.5. The number of anilines is 1. The van der Waals surface area contributed by atoms with Gasteiger partial charge in [-0.05, 0) is 48.7 Å². The number of hydrogen-bond acceptors (Lipinski definition) is 3. The van der Waals surface area contributed by atoms with Crippen molar-refractivity contribution in [3.63, 3.8) is 0 Å². The molecule has 0 aliphatic carbocycles. The van der Waals surface area contributed by atoms with E-state index < -0.39 is 6.04 Å². The number of nitrogens with zero attached hydrogens (tertiary/aromatic N) is 2. The molecule has 0 saturated carbocycles. The molecule has 0 saturated heterocycles. The molecule has 0 bridgehead atoms. The topological polar surface area (TPSA) is 59.0 Å². The minimum atomic E-state index is -0.437. The fourth-order valence-corrected chi connectivity index (χ4v) is 4.02. The van der Waals surface area contributed by atoms with E-state index in [-0.39, 0.29) is 5.91 Å². The first kappa shape index (κ1) is 20.8. The first-order valence-corrected chi connectivity index (χ1v) is 10.5. The quantitative estimate of drug-likeness (QED) is 0.519. The van der Waals surface area contributed by atoms with Crippen molar-refractivity contribution in [2.75, 3.05) is 5.32 Å². The number of amides is 1. The Labute approximate surface area is 189 Å². The summed E-state index contributed by atoms with van der Waals surface area (Å²) in [6.07, 6.45) is 1.69. The Balaban J connectivity index is 1.67. The number of fused-ring (bicyclic) bond motifs is 1. The van der Waals surface area contributed by atoms with Gasteiger partial charge in [0.25, 0.3) is 5.91 Å². The van der Waals surface area contributed by atoms with Crippen LogP contribution in [0.1, 0.15) is 29.7 Å². The van der Waals surface area contributed by atoms with Crippen LogP contribution in [-0.2, 0) is 11.3 Å². The molecular formula is C22H19Cl3N4O. The van der Waals surface area contributed by atoms with Gasteiger partial charge in [-0.25, -0.2) is 4.68 Å². The van der Waals surface area contributed by atoms with Gasteiger partial charge in [0.05, 0.1) is 21.8 Å². The normalized spacial score (nSPS) is 15.6. The minimum Gasteiger partial charge on any atom is -0.348 e. The van der Waals surface area contributed by atoms with E-state index in [1.54, 1.807) is 23.0 Å². The Morgan fingerprint density at radius 3 is 2.60 bits per heavy atom. The molecule has 154 valence electrons. The van der Waals surface area contributed by atoms with Crippen LogP contribution in [0.5, 0.6) is 0 Å². The predicted octanol–water partition coefficient (Wildman–Crippen LogP) is 5.76. The van der Waals surface area contributed by atoms with E-state index in [1.165, 1.54) is 0 Å². The second kappa shape index (κ2) is 8.34. The number of benzene rings is 2. The second-order valence-electron chi connectivity index (χ2n) is 7.17. The summed E-state index contributed by atoms with van der Waals surface area (Å²) < 4.78 is 1.77. The molecule has 3 aromatic rings. The van der Waals surface area contributed by atoms with E-state index in [0.29, 0.717) is 27.2 Å². The van der Waals surface area contributed by atoms with Gasteiger partial charge >= 0.3 is 0 Å². The van der Waals surface area contributed by atoms with Gasteiger partial charge in [-0.15, -0.1) is 0 Å². The monoisotopic (exact) mass is 460 g/mol. The highest BCUT2D eigenvalue weighted by Gasteiger charge is 2.32. The summed E-state index contributed by atoms with van der Waals surface area (Å²) in [4.78, 5) is 13.3. The number of carbonyl (C=O) groups is 1. The lowest BCUT2D eigenvalue weighted by Crippen LogP contribution is -2.34. The number of rotatable bonds is 4. The van der Waals surface area contributed by atoms with Crippen molar-refractivity contribution in [1.82, 2.24) is 15.1 Å². The van der Waals surface area contributed by atoms with Gasteiger partial charge in [-0.1, -0.05) is 53.0 Å². The van der Waals surface area contributed by atoms with Crippen LogP contribution >= 0.6 is 34.8 Å². The van der Waals surface area contributed by atoms with Crippen molar-refractivity contribution < 1.29 is 4.79 Å². The van der Waals surface area contributed by atoms with Crippen LogP contribution in [0.15, 0.2) is 59.9 Å². The fourth-order valence-electron chi connectivity index (χ4n) is 3.51. The largest absolute Gasteiger partial charge is 0.348 e. The molecule has 1 amide bonds. The zero-order valence-electron chi connectivity index (χ0n) is 16.3. The van der Waals surface area contributed by atoms with Gasteiger partial charge in [-0.2, -0.15) is 5.10 Å². The molecule has 0 spiro atoms. The maximum atomic E-state index is 13.3. The second-order valence-corrected chi connectivity index (χ2v) is 8.39. The maximum absolute atomic E-state index is 13.3. The van der Waals surface area contributed by atoms with Crippen LogP contribution in [0.4, 0.5) is 5.82 Å². The van der Waals surface area contributed by atoms with Crippen molar-refractivity contribution in [3.05, 3.63) is 91.7 Å². The lowest BCUT2D eigenvalue weighted by molar-refractivity contribution is -0.118. The molecule has 30 heavy (non-hydrogen) atoms. The molecule has 1 aromatic heterocycles. The Bertz CT molecular complexity index is 1170. The standard InChI is InChI=1S/C22H19Cl3N4O/c1-12-3-4-14(9-17(12)24)11-26-22(30)20-13(2)28-19-7-8-27-29(19)21(20)15-5-6-16(23)18(25)10-15/h3-10,21,28H,11H2,1-2H3,(H,26,30). The van der Waals surface area contributed by atoms with Crippen molar-refractivity contribution in [2.45, 2.75) is 26.4 Å². The molecular weight excluding hydrogens is 443 g/mol. The van der Waals surface area contributed by atoms with Crippen molar-refractivity contribution in [1.29, 1.82) is 0 Å². The van der Waals surface area contributed by atoms with Gasteiger partial charge in [0, 0.05) is 23.3 Å². The smallest absolute Gasteiger partial charge is 0.251 e. The Kier molecular flexibility index (Phi) is 5.78. The van der Waals surface area contributed by atoms with Gasteiger partial charge in [0.15, 0.2) is 0 Å². The number of halogens is 3. The molecule has 0 radical (unpaired) electrons. The van der Waals surface area contributed by atoms with Crippen LogP contribution < -0.4 is 10.6 Å². The summed E-state index contributed by atoms with van der Waals surface area (Å²) in [5.74, 6) is 0.597. The first-order valence-electron chi connectivity index (χ1n) is 9.34. The fraction of sp³-hybridized carbons (Fsp3) is 0.182. The van der Waals surface area contributed by atoms with Gasteiger partial charge in [0.1, 0.15) is 11.9 Å². The zero-order chi connectivity index (χ0) is 21.4. The lowest BCUT2D eigenvalue weighted by atomic mass is 9.94. The van der Waals surface area contributed by atoms with Crippen LogP contribution in [0.25, 0.3) is 0 Å². The molecule has 2 N–H and O–H groups in total. The summed E-state index contributed by atoms with van der Waals surface area (Å²) >= 11 is 18.6. The minimum absolute atomic E-state index is 0.200. The number of aromatic nitrogens is 2. The average Bonchev–Trinajstić information content (AvgIpc) is 3.17. The van der Waals surface area contributed by atoms with Gasteiger partial charge in [-0.3, -0.25) is 4.79 Å². The summed E-state index contributed by atoms with van der Waals surface area (Å²) in [7, 11) is 0. The van der Waals surface area contributed by atoms with Crippen LogP contribution in [0.3, 0.4) is 0 Å². The Morgan fingerprint density at radius 2 is 1.87 bits per heavy atom. The van der Waals surface area contributed by atoms with E-state index in [2.05, 4.69) is 15.7 Å². The van der Waals surface area contributed by atoms with Crippen molar-refractivity contribution in [3.8, 4) is 0 Å². The van der Waals surface area contributed by atoms with Crippen LogP contribution in [-0.4, -0.2) is 15.7 Å². The van der Waals surface area contributed by atoms with E-state index in [0.717, 1.165) is 28.2 Å². The molecule has 0 fully saturated rings. The lowest BCUT2D eigenvalue weighted by Gasteiger charge is -2.30. The molecule has 1 aliphatic heterocycles. The molecule has 1 aliphatic rings. The highest BCUT2D eigenvalue weighted by atomic mass is 35.5. The number of nitrogens with one attached hydrogen (secondary N) is 2. The molecule has 2 aromatic carbocycles. The number of aryl methyl sites for hydroxylation is 1. The average molecular weight is 462 g/mol. The third-order valence-corrected chi connectivity index (χ3v) is 6.25. The van der Waals surface area contributed by atoms with E-state index in [4.69, 9.17) is 34.8 Å². The van der Waals surface area contributed by atoms with E-state index >= 15 is 0 Å². The van der Waals surface area contributed by atoms with Crippen molar-refractivity contribution in [2.24, 2.45) is 0 Å². The zero-order valence-corrected chi connectivity index (χ0v) is 18.6. The number of carbonyl (C=O) groups excluding carboxylic acids is 1. The summed E-state index contributed by atoms with van der Waals surface area (Å²) in [5.41, 5.74) is 4.04.